The van der Waals surface area contributed by atoms with E-state index < -0.39 is 10.0 Å². The number of thiazole rings is 1. The van der Waals surface area contributed by atoms with Gasteiger partial charge in [-0.25, -0.2) is 18.1 Å². The number of fused-ring (bicyclic) bond motifs is 1. The number of aromatic nitrogens is 2. The molecule has 0 aliphatic carbocycles. The molecule has 11 heteroatoms. The molecule has 1 aliphatic rings. The highest BCUT2D eigenvalue weighted by Gasteiger charge is 2.19. The molecule has 32 heavy (non-hydrogen) atoms. The number of amides is 1. The summed E-state index contributed by atoms with van der Waals surface area (Å²) in [4.78, 5) is 20.7. The van der Waals surface area contributed by atoms with Gasteiger partial charge in [0.25, 0.3) is 0 Å². The minimum atomic E-state index is -3.78. The molecule has 0 fully saturated rings. The Hall–Kier alpha value is -3.02. The fourth-order valence-electron chi connectivity index (χ4n) is 3.00. The minimum Gasteiger partial charge on any atom is -0.490 e. The van der Waals surface area contributed by atoms with Crippen LogP contribution in [0.5, 0.6) is 11.5 Å². The van der Waals surface area contributed by atoms with Crippen LogP contribution in [-0.2, 0) is 21.4 Å². The standard InChI is InChI=1S/C21H22N4O5S2/c26-20(23-13-21-25-17(14-31-21)15-4-7-22-8-5-15)6-9-24-32(27,28)16-2-3-18-19(12-16)30-11-1-10-29-18/h2-5,7-8,12,14,24H,1,6,9-11,13H2,(H,23,26). The van der Waals surface area contributed by atoms with Gasteiger partial charge < -0.3 is 14.8 Å². The Balaban J connectivity index is 1.26. The molecule has 0 saturated carbocycles. The molecule has 0 radical (unpaired) electrons. The number of hydrogen-bond donors (Lipinski definition) is 2. The maximum Gasteiger partial charge on any atom is 0.240 e. The Morgan fingerprint density at radius 3 is 2.69 bits per heavy atom. The van der Waals surface area contributed by atoms with Gasteiger partial charge >= 0.3 is 0 Å². The lowest BCUT2D eigenvalue weighted by atomic mass is 10.2. The molecule has 0 bridgehead atoms. The quantitative estimate of drug-likeness (QED) is 0.514. The first-order valence-electron chi connectivity index (χ1n) is 10.0. The molecule has 0 spiro atoms. The van der Waals surface area contributed by atoms with Gasteiger partial charge in [-0.2, -0.15) is 0 Å². The molecule has 0 atom stereocenters. The fraction of sp³-hybridized carbons (Fsp3) is 0.286. The van der Waals surface area contributed by atoms with Crippen LogP contribution in [0.2, 0.25) is 0 Å². The summed E-state index contributed by atoms with van der Waals surface area (Å²) in [6.07, 6.45) is 4.13. The molecule has 0 unspecified atom stereocenters. The largest absolute Gasteiger partial charge is 0.490 e. The van der Waals surface area contributed by atoms with Crippen LogP contribution in [0.1, 0.15) is 17.8 Å². The molecule has 1 aromatic carbocycles. The van der Waals surface area contributed by atoms with Crippen molar-refractivity contribution >= 4 is 27.3 Å². The van der Waals surface area contributed by atoms with Crippen LogP contribution < -0.4 is 19.5 Å². The van der Waals surface area contributed by atoms with Gasteiger partial charge in [-0.1, -0.05) is 0 Å². The second-order valence-electron chi connectivity index (χ2n) is 6.95. The number of nitrogens with zero attached hydrogens (tertiary/aromatic N) is 2. The molecular formula is C21H22N4O5S2. The van der Waals surface area contributed by atoms with Crippen molar-refractivity contribution in [1.29, 1.82) is 0 Å². The highest BCUT2D eigenvalue weighted by molar-refractivity contribution is 7.89. The van der Waals surface area contributed by atoms with E-state index in [1.807, 2.05) is 17.5 Å². The molecule has 1 amide bonds. The van der Waals surface area contributed by atoms with Crippen molar-refractivity contribution < 1.29 is 22.7 Å². The lowest BCUT2D eigenvalue weighted by Gasteiger charge is -2.11. The number of ether oxygens (including phenoxy) is 2. The highest BCUT2D eigenvalue weighted by atomic mass is 32.2. The van der Waals surface area contributed by atoms with Crippen LogP contribution in [0.4, 0.5) is 0 Å². The Morgan fingerprint density at radius 1 is 1.09 bits per heavy atom. The third-order valence-electron chi connectivity index (χ3n) is 4.64. The molecule has 4 rings (SSSR count). The summed E-state index contributed by atoms with van der Waals surface area (Å²) in [5, 5.41) is 5.44. The maximum atomic E-state index is 12.6. The van der Waals surface area contributed by atoms with E-state index in [2.05, 4.69) is 20.0 Å². The zero-order valence-corrected chi connectivity index (χ0v) is 18.7. The van der Waals surface area contributed by atoms with E-state index in [0.29, 0.717) is 24.7 Å². The summed E-state index contributed by atoms with van der Waals surface area (Å²) in [5.41, 5.74) is 1.78. The van der Waals surface area contributed by atoms with E-state index >= 15 is 0 Å². The van der Waals surface area contributed by atoms with Crippen LogP contribution >= 0.6 is 11.3 Å². The molecular weight excluding hydrogens is 452 g/mol. The third-order valence-corrected chi connectivity index (χ3v) is 6.95. The normalized spacial score (nSPS) is 13.4. The van der Waals surface area contributed by atoms with E-state index in [1.54, 1.807) is 18.5 Å². The summed E-state index contributed by atoms with van der Waals surface area (Å²) >= 11 is 1.44. The van der Waals surface area contributed by atoms with Crippen LogP contribution in [-0.4, -0.2) is 44.1 Å². The zero-order valence-electron chi connectivity index (χ0n) is 17.1. The average Bonchev–Trinajstić information content (AvgIpc) is 3.15. The predicted molar refractivity (Wildman–Crippen MR) is 119 cm³/mol. The summed E-state index contributed by atoms with van der Waals surface area (Å²) < 4.78 is 38.6. The van der Waals surface area contributed by atoms with Gasteiger partial charge in [0.1, 0.15) is 5.01 Å². The summed E-state index contributed by atoms with van der Waals surface area (Å²) in [5.74, 6) is 0.653. The number of carbonyl (C=O) groups is 1. The SMILES string of the molecule is O=C(CCNS(=O)(=O)c1ccc2c(c1)OCCCO2)NCc1nc(-c2ccncc2)cs1. The monoisotopic (exact) mass is 474 g/mol. The van der Waals surface area contributed by atoms with Crippen molar-refractivity contribution in [3.63, 3.8) is 0 Å². The molecule has 2 N–H and O–H groups in total. The Kier molecular flexibility index (Phi) is 6.98. The van der Waals surface area contributed by atoms with Crippen LogP contribution in [0.3, 0.4) is 0 Å². The van der Waals surface area contributed by atoms with Gasteiger partial charge in [-0.05, 0) is 24.3 Å². The smallest absolute Gasteiger partial charge is 0.240 e. The first kappa shape index (κ1) is 22.2. The van der Waals surface area contributed by atoms with Gasteiger partial charge in [0.05, 0.1) is 30.3 Å². The Labute approximate surface area is 189 Å². The van der Waals surface area contributed by atoms with E-state index in [4.69, 9.17) is 9.47 Å². The second kappa shape index (κ2) is 10.1. The first-order valence-corrected chi connectivity index (χ1v) is 12.4. The van der Waals surface area contributed by atoms with E-state index in [1.165, 1.54) is 23.5 Å². The third kappa shape index (κ3) is 5.61. The summed E-state index contributed by atoms with van der Waals surface area (Å²) in [6, 6.07) is 8.21. The first-order chi connectivity index (χ1) is 15.5. The van der Waals surface area contributed by atoms with Gasteiger partial charge in [-0.3, -0.25) is 9.78 Å². The van der Waals surface area contributed by atoms with Gasteiger partial charge in [-0.15, -0.1) is 11.3 Å². The van der Waals surface area contributed by atoms with Crippen molar-refractivity contribution in [1.82, 2.24) is 20.0 Å². The fourth-order valence-corrected chi connectivity index (χ4v) is 4.79. The van der Waals surface area contributed by atoms with Crippen molar-refractivity contribution in [2.24, 2.45) is 0 Å². The molecule has 1 aliphatic heterocycles. The van der Waals surface area contributed by atoms with Crippen molar-refractivity contribution in [3.8, 4) is 22.8 Å². The molecule has 3 heterocycles. The number of nitrogens with one attached hydrogen (secondary N) is 2. The maximum absolute atomic E-state index is 12.6. The Bertz CT molecular complexity index is 1180. The van der Waals surface area contributed by atoms with Gasteiger partial charge in [0, 0.05) is 48.8 Å². The number of rotatable bonds is 8. The molecule has 168 valence electrons. The molecule has 0 saturated heterocycles. The molecule has 2 aromatic heterocycles. The minimum absolute atomic E-state index is 0.00632. The number of carbonyl (C=O) groups excluding carboxylic acids is 1. The molecule has 9 nitrogen and oxygen atoms in total. The molecule has 3 aromatic rings. The van der Waals surface area contributed by atoms with Crippen molar-refractivity contribution in [2.75, 3.05) is 19.8 Å². The summed E-state index contributed by atoms with van der Waals surface area (Å²) in [7, 11) is -3.78. The number of hydrogen-bond acceptors (Lipinski definition) is 8. The predicted octanol–water partition coefficient (Wildman–Crippen LogP) is 2.35. The second-order valence-corrected chi connectivity index (χ2v) is 9.66. The topological polar surface area (TPSA) is 120 Å². The van der Waals surface area contributed by atoms with Crippen molar-refractivity contribution in [2.45, 2.75) is 24.3 Å². The Morgan fingerprint density at radius 2 is 1.88 bits per heavy atom. The van der Waals surface area contributed by atoms with Crippen LogP contribution in [0.25, 0.3) is 11.3 Å². The van der Waals surface area contributed by atoms with Gasteiger partial charge in [0.2, 0.25) is 15.9 Å². The lowest BCUT2D eigenvalue weighted by Crippen LogP contribution is -2.30. The van der Waals surface area contributed by atoms with Crippen LogP contribution in [0.15, 0.2) is 53.0 Å². The zero-order chi connectivity index (χ0) is 22.4. The highest BCUT2D eigenvalue weighted by Crippen LogP contribution is 2.31. The van der Waals surface area contributed by atoms with E-state index in [0.717, 1.165) is 22.7 Å². The number of sulfonamides is 1. The van der Waals surface area contributed by atoms with E-state index in [9.17, 15) is 13.2 Å². The average molecular weight is 475 g/mol. The van der Waals surface area contributed by atoms with Crippen LogP contribution in [0, 0.1) is 0 Å². The van der Waals surface area contributed by atoms with Gasteiger partial charge in [0.15, 0.2) is 11.5 Å². The number of benzene rings is 1. The summed E-state index contributed by atoms with van der Waals surface area (Å²) in [6.45, 7) is 1.25. The van der Waals surface area contributed by atoms with E-state index in [-0.39, 0.29) is 30.3 Å². The number of pyridine rings is 1. The van der Waals surface area contributed by atoms with Crippen molar-refractivity contribution in [3.05, 3.63) is 53.1 Å². The lowest BCUT2D eigenvalue weighted by molar-refractivity contribution is -0.121.